The summed E-state index contributed by atoms with van der Waals surface area (Å²) < 4.78 is 1.36. The summed E-state index contributed by atoms with van der Waals surface area (Å²) in [6, 6.07) is 8.86. The molecular formula is C18H16N4O3S. The molecule has 3 aromatic rings. The molecule has 0 aliphatic carbocycles. The molecule has 0 aromatic carbocycles. The van der Waals surface area contributed by atoms with Crippen LogP contribution in [0.2, 0.25) is 0 Å². The molecule has 3 aromatic heterocycles. The fourth-order valence-electron chi connectivity index (χ4n) is 3.01. The van der Waals surface area contributed by atoms with Crippen molar-refractivity contribution in [3.05, 3.63) is 68.9 Å². The number of rotatable bonds is 2. The summed E-state index contributed by atoms with van der Waals surface area (Å²) in [4.78, 5) is 45.9. The SMILES string of the molecule is O=C(c1cccs1)N1CCN(C(=O)c2cnc3ccccn3c2=O)CC1. The Morgan fingerprint density at radius 2 is 1.69 bits per heavy atom. The lowest BCUT2D eigenvalue weighted by atomic mass is 10.2. The molecular weight excluding hydrogens is 352 g/mol. The van der Waals surface area contributed by atoms with Gasteiger partial charge in [-0.05, 0) is 23.6 Å². The average molecular weight is 368 g/mol. The van der Waals surface area contributed by atoms with E-state index in [-0.39, 0.29) is 22.9 Å². The second kappa shape index (κ2) is 6.72. The summed E-state index contributed by atoms with van der Waals surface area (Å²) in [5.74, 6) is -0.358. The summed E-state index contributed by atoms with van der Waals surface area (Å²) in [6.07, 6.45) is 2.93. The molecule has 1 fully saturated rings. The average Bonchev–Trinajstić information content (AvgIpc) is 3.22. The van der Waals surface area contributed by atoms with Gasteiger partial charge in [-0.1, -0.05) is 12.1 Å². The molecule has 0 unspecified atom stereocenters. The van der Waals surface area contributed by atoms with E-state index in [1.807, 2.05) is 11.4 Å². The van der Waals surface area contributed by atoms with E-state index < -0.39 is 0 Å². The molecule has 2 amide bonds. The van der Waals surface area contributed by atoms with Gasteiger partial charge in [0.2, 0.25) is 0 Å². The lowest BCUT2D eigenvalue weighted by Gasteiger charge is -2.34. The van der Waals surface area contributed by atoms with Crippen LogP contribution in [0, 0.1) is 0 Å². The fourth-order valence-corrected chi connectivity index (χ4v) is 3.70. The molecule has 1 aliphatic heterocycles. The number of nitrogens with zero attached hydrogens (tertiary/aromatic N) is 4. The van der Waals surface area contributed by atoms with Crippen LogP contribution in [0.25, 0.3) is 5.65 Å². The zero-order chi connectivity index (χ0) is 18.1. The highest BCUT2D eigenvalue weighted by Crippen LogP contribution is 2.14. The fraction of sp³-hybridized carbons (Fsp3) is 0.222. The number of amides is 2. The molecule has 0 atom stereocenters. The van der Waals surface area contributed by atoms with Gasteiger partial charge in [0.05, 0.1) is 4.88 Å². The quantitative estimate of drug-likeness (QED) is 0.684. The number of hydrogen-bond acceptors (Lipinski definition) is 5. The molecule has 132 valence electrons. The highest BCUT2D eigenvalue weighted by molar-refractivity contribution is 7.12. The van der Waals surface area contributed by atoms with Crippen LogP contribution in [0.15, 0.2) is 52.9 Å². The van der Waals surface area contributed by atoms with Gasteiger partial charge in [-0.2, -0.15) is 0 Å². The van der Waals surface area contributed by atoms with E-state index in [4.69, 9.17) is 0 Å². The van der Waals surface area contributed by atoms with Gasteiger partial charge in [0.1, 0.15) is 11.2 Å². The molecule has 1 saturated heterocycles. The van der Waals surface area contributed by atoms with E-state index in [1.165, 1.54) is 21.9 Å². The van der Waals surface area contributed by atoms with Gasteiger partial charge in [-0.3, -0.25) is 18.8 Å². The molecule has 7 nitrogen and oxygen atoms in total. The predicted molar refractivity (Wildman–Crippen MR) is 97.6 cm³/mol. The maximum atomic E-state index is 12.7. The Balaban J connectivity index is 1.50. The molecule has 4 rings (SSSR count). The van der Waals surface area contributed by atoms with Crippen molar-refractivity contribution >= 4 is 28.8 Å². The minimum atomic E-state index is -0.377. The van der Waals surface area contributed by atoms with Crippen molar-refractivity contribution in [1.82, 2.24) is 19.2 Å². The molecule has 1 aliphatic rings. The molecule has 0 bridgehead atoms. The number of thiophene rings is 1. The Hall–Kier alpha value is -3.00. The van der Waals surface area contributed by atoms with E-state index in [2.05, 4.69) is 4.98 Å². The first kappa shape index (κ1) is 16.5. The van der Waals surface area contributed by atoms with Crippen LogP contribution in [0.4, 0.5) is 0 Å². The van der Waals surface area contributed by atoms with Crippen LogP contribution in [0.1, 0.15) is 20.0 Å². The Morgan fingerprint density at radius 1 is 0.962 bits per heavy atom. The summed E-state index contributed by atoms with van der Waals surface area (Å²) in [5, 5.41) is 1.87. The number of carbonyl (C=O) groups excluding carboxylic acids is 2. The Labute approximate surface area is 153 Å². The normalized spacial score (nSPS) is 14.6. The van der Waals surface area contributed by atoms with Crippen LogP contribution in [0.5, 0.6) is 0 Å². The van der Waals surface area contributed by atoms with Crippen LogP contribution in [-0.2, 0) is 0 Å². The van der Waals surface area contributed by atoms with Crippen molar-refractivity contribution in [2.24, 2.45) is 0 Å². The summed E-state index contributed by atoms with van der Waals surface area (Å²) >= 11 is 1.41. The Kier molecular flexibility index (Phi) is 4.26. The Morgan fingerprint density at radius 3 is 2.38 bits per heavy atom. The van der Waals surface area contributed by atoms with E-state index in [1.54, 1.807) is 40.3 Å². The molecule has 0 N–H and O–H groups in total. The highest BCUT2D eigenvalue weighted by Gasteiger charge is 2.27. The standard InChI is InChI=1S/C18H16N4O3S/c23-16(13-12-19-15-5-1-2-6-22(15)17(13)24)20-7-9-21(10-8-20)18(25)14-4-3-11-26-14/h1-6,11-12H,7-10H2. The first-order valence-corrected chi connectivity index (χ1v) is 9.11. The maximum absolute atomic E-state index is 12.7. The van der Waals surface area contributed by atoms with Gasteiger partial charge in [-0.15, -0.1) is 11.3 Å². The number of aromatic nitrogens is 2. The lowest BCUT2D eigenvalue weighted by molar-refractivity contribution is 0.0536. The van der Waals surface area contributed by atoms with E-state index >= 15 is 0 Å². The zero-order valence-electron chi connectivity index (χ0n) is 13.9. The van der Waals surface area contributed by atoms with Crippen molar-refractivity contribution in [2.75, 3.05) is 26.2 Å². The largest absolute Gasteiger partial charge is 0.335 e. The zero-order valence-corrected chi connectivity index (χ0v) is 14.7. The lowest BCUT2D eigenvalue weighted by Crippen LogP contribution is -2.51. The third-order valence-electron chi connectivity index (χ3n) is 4.43. The van der Waals surface area contributed by atoms with Crippen LogP contribution >= 0.6 is 11.3 Å². The maximum Gasteiger partial charge on any atom is 0.270 e. The smallest absolute Gasteiger partial charge is 0.270 e. The van der Waals surface area contributed by atoms with Crippen LogP contribution in [0.3, 0.4) is 0 Å². The van der Waals surface area contributed by atoms with Crippen LogP contribution in [-0.4, -0.2) is 57.2 Å². The molecule has 8 heteroatoms. The molecule has 0 radical (unpaired) electrons. The Bertz CT molecular complexity index is 1020. The van der Waals surface area contributed by atoms with E-state index in [0.717, 1.165) is 0 Å². The van der Waals surface area contributed by atoms with Gasteiger partial charge in [-0.25, -0.2) is 4.98 Å². The van der Waals surface area contributed by atoms with Crippen molar-refractivity contribution in [1.29, 1.82) is 0 Å². The van der Waals surface area contributed by atoms with E-state index in [0.29, 0.717) is 36.7 Å². The number of pyridine rings is 1. The second-order valence-corrected chi connectivity index (χ2v) is 6.92. The first-order chi connectivity index (χ1) is 12.6. The monoisotopic (exact) mass is 368 g/mol. The molecule has 26 heavy (non-hydrogen) atoms. The summed E-state index contributed by atoms with van der Waals surface area (Å²) in [7, 11) is 0. The van der Waals surface area contributed by atoms with E-state index in [9.17, 15) is 14.4 Å². The van der Waals surface area contributed by atoms with Gasteiger partial charge >= 0.3 is 0 Å². The number of fused-ring (bicyclic) bond motifs is 1. The van der Waals surface area contributed by atoms with Gasteiger partial charge < -0.3 is 9.80 Å². The second-order valence-electron chi connectivity index (χ2n) is 5.97. The van der Waals surface area contributed by atoms with Crippen molar-refractivity contribution < 1.29 is 9.59 Å². The summed E-state index contributed by atoms with van der Waals surface area (Å²) in [6.45, 7) is 1.69. The third-order valence-corrected chi connectivity index (χ3v) is 5.29. The van der Waals surface area contributed by atoms with Crippen LogP contribution < -0.4 is 5.56 Å². The number of carbonyl (C=O) groups is 2. The minimum Gasteiger partial charge on any atom is -0.335 e. The predicted octanol–water partition coefficient (Wildman–Crippen LogP) is 1.35. The highest BCUT2D eigenvalue weighted by atomic mass is 32.1. The van der Waals surface area contributed by atoms with Crippen molar-refractivity contribution in [3.63, 3.8) is 0 Å². The molecule has 0 saturated carbocycles. The van der Waals surface area contributed by atoms with Crippen molar-refractivity contribution in [3.8, 4) is 0 Å². The number of piperazine rings is 1. The summed E-state index contributed by atoms with van der Waals surface area (Å²) in [5.41, 5.74) is 0.171. The minimum absolute atomic E-state index is 0.0143. The van der Waals surface area contributed by atoms with Gasteiger partial charge in [0, 0.05) is 38.6 Å². The van der Waals surface area contributed by atoms with Crippen molar-refractivity contribution in [2.45, 2.75) is 0 Å². The number of hydrogen-bond donors (Lipinski definition) is 0. The van der Waals surface area contributed by atoms with Gasteiger partial charge in [0.15, 0.2) is 0 Å². The topological polar surface area (TPSA) is 75.0 Å². The van der Waals surface area contributed by atoms with Gasteiger partial charge in [0.25, 0.3) is 17.4 Å². The first-order valence-electron chi connectivity index (χ1n) is 8.23. The third kappa shape index (κ3) is 2.88. The molecule has 4 heterocycles. The molecule has 0 spiro atoms.